The minimum atomic E-state index is 0.0579. The molecule has 0 aromatic heterocycles. The van der Waals surface area contributed by atoms with Crippen molar-refractivity contribution < 1.29 is 9.59 Å². The summed E-state index contributed by atoms with van der Waals surface area (Å²) in [5.41, 5.74) is 0. The van der Waals surface area contributed by atoms with Crippen LogP contribution in [0.4, 0.5) is 0 Å². The monoisotopic (exact) mass is 239 g/mol. The summed E-state index contributed by atoms with van der Waals surface area (Å²) in [6, 6.07) is 0.148. The summed E-state index contributed by atoms with van der Waals surface area (Å²) < 4.78 is 0. The molecule has 0 saturated carbocycles. The normalized spacial score (nSPS) is 22.6. The molecule has 0 N–H and O–H groups in total. The first-order chi connectivity index (χ1) is 7.93. The molecule has 2 atom stereocenters. The third kappa shape index (κ3) is 3.83. The van der Waals surface area contributed by atoms with Crippen molar-refractivity contribution in [1.29, 1.82) is 0 Å². The van der Waals surface area contributed by atoms with Crippen molar-refractivity contribution in [3.05, 3.63) is 0 Å². The maximum atomic E-state index is 12.3. The maximum Gasteiger partial charge on any atom is 0.225 e. The first-order valence-corrected chi connectivity index (χ1v) is 6.73. The number of carbonyl (C=O) groups is 2. The van der Waals surface area contributed by atoms with Crippen LogP contribution in [-0.4, -0.2) is 29.2 Å². The van der Waals surface area contributed by atoms with Crippen molar-refractivity contribution in [2.45, 2.75) is 59.4 Å². The van der Waals surface area contributed by atoms with Gasteiger partial charge in [-0.15, -0.1) is 0 Å². The van der Waals surface area contributed by atoms with E-state index < -0.39 is 0 Å². The molecular formula is C14H25NO2. The third-order valence-electron chi connectivity index (χ3n) is 3.82. The van der Waals surface area contributed by atoms with Crippen LogP contribution in [0.1, 0.15) is 53.4 Å². The van der Waals surface area contributed by atoms with Crippen LogP contribution >= 0.6 is 0 Å². The van der Waals surface area contributed by atoms with Crippen molar-refractivity contribution in [3.8, 4) is 0 Å². The van der Waals surface area contributed by atoms with Gasteiger partial charge in [-0.2, -0.15) is 0 Å². The minimum absolute atomic E-state index is 0.0579. The highest BCUT2D eigenvalue weighted by Crippen LogP contribution is 2.24. The summed E-state index contributed by atoms with van der Waals surface area (Å²) in [6.07, 6.45) is 3.72. The Morgan fingerprint density at radius 2 is 1.88 bits per heavy atom. The molecule has 3 heteroatoms. The average Bonchev–Trinajstić information content (AvgIpc) is 2.27. The topological polar surface area (TPSA) is 37.4 Å². The lowest BCUT2D eigenvalue weighted by Crippen LogP contribution is -2.47. The number of Topliss-reactive ketones (excluding diaryl/α,β-unsaturated/α-hetero) is 1. The number of carbonyl (C=O) groups excluding carboxylic acids is 2. The Bertz CT molecular complexity index is 286. The van der Waals surface area contributed by atoms with E-state index in [0.717, 1.165) is 25.8 Å². The molecule has 1 rings (SSSR count). The SMILES string of the molecule is CC(=O)CC1CCCCN1C(=O)C(C)C(C)C. The number of rotatable bonds is 4. The van der Waals surface area contributed by atoms with Gasteiger partial charge in [0.05, 0.1) is 0 Å². The lowest BCUT2D eigenvalue weighted by Gasteiger charge is -2.37. The van der Waals surface area contributed by atoms with Crippen molar-refractivity contribution in [2.75, 3.05) is 6.54 Å². The summed E-state index contributed by atoms with van der Waals surface area (Å²) >= 11 is 0. The minimum Gasteiger partial charge on any atom is -0.339 e. The van der Waals surface area contributed by atoms with Gasteiger partial charge in [-0.3, -0.25) is 9.59 Å². The molecule has 1 saturated heterocycles. The highest BCUT2D eigenvalue weighted by atomic mass is 16.2. The Morgan fingerprint density at radius 1 is 1.24 bits per heavy atom. The molecule has 17 heavy (non-hydrogen) atoms. The van der Waals surface area contributed by atoms with Crippen LogP contribution in [-0.2, 0) is 9.59 Å². The third-order valence-corrected chi connectivity index (χ3v) is 3.82. The molecule has 1 heterocycles. The Labute approximate surface area is 105 Å². The quantitative estimate of drug-likeness (QED) is 0.756. The van der Waals surface area contributed by atoms with Crippen LogP contribution < -0.4 is 0 Å². The molecular weight excluding hydrogens is 214 g/mol. The number of hydrogen-bond acceptors (Lipinski definition) is 2. The molecule has 0 aromatic rings. The number of piperidine rings is 1. The molecule has 3 nitrogen and oxygen atoms in total. The lowest BCUT2D eigenvalue weighted by molar-refractivity contribution is -0.140. The number of likely N-dealkylation sites (tertiary alicyclic amines) is 1. The number of hydrogen-bond donors (Lipinski definition) is 0. The molecule has 1 aliphatic rings. The summed E-state index contributed by atoms with van der Waals surface area (Å²) in [5.74, 6) is 0.836. The van der Waals surface area contributed by atoms with Crippen molar-refractivity contribution in [3.63, 3.8) is 0 Å². The van der Waals surface area contributed by atoms with Gasteiger partial charge < -0.3 is 4.90 Å². The number of nitrogens with zero attached hydrogens (tertiary/aromatic N) is 1. The summed E-state index contributed by atoms with van der Waals surface area (Å²) in [6.45, 7) is 8.59. The van der Waals surface area contributed by atoms with Gasteiger partial charge in [0, 0.05) is 24.9 Å². The Hall–Kier alpha value is -0.860. The fraction of sp³-hybridized carbons (Fsp3) is 0.857. The van der Waals surface area contributed by atoms with E-state index in [2.05, 4.69) is 13.8 Å². The van der Waals surface area contributed by atoms with Gasteiger partial charge in [-0.25, -0.2) is 0 Å². The molecule has 0 bridgehead atoms. The van der Waals surface area contributed by atoms with Crippen LogP contribution in [0.3, 0.4) is 0 Å². The Morgan fingerprint density at radius 3 is 2.41 bits per heavy atom. The molecule has 1 aliphatic heterocycles. The molecule has 0 aromatic carbocycles. The van der Waals surface area contributed by atoms with Gasteiger partial charge in [-0.05, 0) is 32.1 Å². The number of ketones is 1. The second kappa shape index (κ2) is 6.18. The largest absolute Gasteiger partial charge is 0.339 e. The van der Waals surface area contributed by atoms with Gasteiger partial charge in [-0.1, -0.05) is 20.8 Å². The smallest absolute Gasteiger partial charge is 0.225 e. The van der Waals surface area contributed by atoms with E-state index in [0.29, 0.717) is 12.3 Å². The van der Waals surface area contributed by atoms with Crippen molar-refractivity contribution in [1.82, 2.24) is 4.90 Å². The Balaban J connectivity index is 2.70. The molecule has 1 fully saturated rings. The first-order valence-electron chi connectivity index (χ1n) is 6.73. The first kappa shape index (κ1) is 14.2. The van der Waals surface area contributed by atoms with E-state index in [1.807, 2.05) is 11.8 Å². The highest BCUT2D eigenvalue weighted by molar-refractivity contribution is 5.81. The molecule has 0 radical (unpaired) electrons. The summed E-state index contributed by atoms with van der Waals surface area (Å²) in [5, 5.41) is 0. The van der Waals surface area contributed by atoms with Crippen LogP contribution in [0.2, 0.25) is 0 Å². The predicted octanol–water partition coefficient (Wildman–Crippen LogP) is 2.64. The number of amides is 1. The average molecular weight is 239 g/mol. The fourth-order valence-electron chi connectivity index (χ4n) is 2.38. The predicted molar refractivity (Wildman–Crippen MR) is 68.7 cm³/mol. The summed E-state index contributed by atoms with van der Waals surface area (Å²) in [4.78, 5) is 25.5. The van der Waals surface area contributed by atoms with Crippen molar-refractivity contribution >= 4 is 11.7 Å². The van der Waals surface area contributed by atoms with E-state index >= 15 is 0 Å². The van der Waals surface area contributed by atoms with Crippen molar-refractivity contribution in [2.24, 2.45) is 11.8 Å². The van der Waals surface area contributed by atoms with E-state index in [1.165, 1.54) is 0 Å². The van der Waals surface area contributed by atoms with E-state index in [4.69, 9.17) is 0 Å². The molecule has 2 unspecified atom stereocenters. The molecule has 98 valence electrons. The lowest BCUT2D eigenvalue weighted by atomic mass is 9.92. The van der Waals surface area contributed by atoms with Gasteiger partial charge in [0.2, 0.25) is 5.91 Å². The van der Waals surface area contributed by atoms with Gasteiger partial charge in [0.25, 0.3) is 0 Å². The zero-order valence-electron chi connectivity index (χ0n) is 11.5. The zero-order chi connectivity index (χ0) is 13.0. The molecule has 1 amide bonds. The van der Waals surface area contributed by atoms with E-state index in [1.54, 1.807) is 6.92 Å². The van der Waals surface area contributed by atoms with E-state index in [-0.39, 0.29) is 23.7 Å². The fourth-order valence-corrected chi connectivity index (χ4v) is 2.38. The molecule has 0 spiro atoms. The van der Waals surface area contributed by atoms with Crippen LogP contribution in [0.25, 0.3) is 0 Å². The van der Waals surface area contributed by atoms with Crippen LogP contribution in [0, 0.1) is 11.8 Å². The van der Waals surface area contributed by atoms with Gasteiger partial charge in [0.15, 0.2) is 0 Å². The molecule has 0 aliphatic carbocycles. The van der Waals surface area contributed by atoms with Gasteiger partial charge >= 0.3 is 0 Å². The van der Waals surface area contributed by atoms with E-state index in [9.17, 15) is 9.59 Å². The standard InChI is InChI=1S/C14H25NO2/c1-10(2)12(4)14(17)15-8-6-5-7-13(15)9-11(3)16/h10,12-13H,5-9H2,1-4H3. The van der Waals surface area contributed by atoms with Gasteiger partial charge in [0.1, 0.15) is 5.78 Å². The Kier molecular flexibility index (Phi) is 5.16. The highest BCUT2D eigenvalue weighted by Gasteiger charge is 2.31. The zero-order valence-corrected chi connectivity index (χ0v) is 11.5. The van der Waals surface area contributed by atoms with Crippen LogP contribution in [0.15, 0.2) is 0 Å². The maximum absolute atomic E-state index is 12.3. The summed E-state index contributed by atoms with van der Waals surface area (Å²) in [7, 11) is 0. The van der Waals surface area contributed by atoms with Crippen LogP contribution in [0.5, 0.6) is 0 Å². The second-order valence-electron chi connectivity index (χ2n) is 5.62. The second-order valence-corrected chi connectivity index (χ2v) is 5.62.